The number of hydrogen-bond acceptors (Lipinski definition) is 4. The first-order chi connectivity index (χ1) is 12.3. The quantitative estimate of drug-likeness (QED) is 0.602. The van der Waals surface area contributed by atoms with Gasteiger partial charge in [0.25, 0.3) is 0 Å². The van der Waals surface area contributed by atoms with Crippen LogP contribution in [0.1, 0.15) is 38.6 Å². The maximum absolute atomic E-state index is 5.65. The smallest absolute Gasteiger partial charge is 0.190 e. The first-order valence-corrected chi connectivity index (χ1v) is 9.74. The van der Waals surface area contributed by atoms with Gasteiger partial charge in [0, 0.05) is 11.4 Å². The minimum absolute atomic E-state index is 0.507. The van der Waals surface area contributed by atoms with Gasteiger partial charge >= 0.3 is 0 Å². The molecule has 0 amide bonds. The SMILES string of the molecule is CCOc1ccc(N=c2scc(-c3ccco3)n2C2CCCC2)cc1. The van der Waals surface area contributed by atoms with Crippen molar-refractivity contribution in [3.05, 3.63) is 52.8 Å². The van der Waals surface area contributed by atoms with Crippen molar-refractivity contribution < 1.29 is 9.15 Å². The predicted octanol–water partition coefficient (Wildman–Crippen LogP) is 5.56. The number of benzene rings is 1. The lowest BCUT2D eigenvalue weighted by Crippen LogP contribution is -2.19. The maximum atomic E-state index is 5.65. The number of thiazole rings is 1. The lowest BCUT2D eigenvalue weighted by atomic mass is 10.2. The van der Waals surface area contributed by atoms with Crippen molar-refractivity contribution >= 4 is 17.0 Å². The molecule has 0 saturated heterocycles. The van der Waals surface area contributed by atoms with Crippen molar-refractivity contribution in [1.82, 2.24) is 4.57 Å². The van der Waals surface area contributed by atoms with E-state index in [0.717, 1.165) is 27.7 Å². The molecule has 0 N–H and O–H groups in total. The van der Waals surface area contributed by atoms with Gasteiger partial charge in [0.15, 0.2) is 10.6 Å². The zero-order chi connectivity index (χ0) is 17.1. The van der Waals surface area contributed by atoms with E-state index < -0.39 is 0 Å². The zero-order valence-electron chi connectivity index (χ0n) is 14.4. The molecule has 1 aliphatic rings. The predicted molar refractivity (Wildman–Crippen MR) is 100 cm³/mol. The number of furan rings is 1. The average molecular weight is 354 g/mol. The molecule has 2 heterocycles. The Balaban J connectivity index is 1.76. The van der Waals surface area contributed by atoms with Gasteiger partial charge in [-0.25, -0.2) is 4.99 Å². The third-order valence-electron chi connectivity index (χ3n) is 4.58. The molecule has 2 aromatic heterocycles. The molecule has 130 valence electrons. The van der Waals surface area contributed by atoms with Crippen molar-refractivity contribution in [3.8, 4) is 17.2 Å². The van der Waals surface area contributed by atoms with Crippen LogP contribution in [0.25, 0.3) is 11.5 Å². The van der Waals surface area contributed by atoms with Crippen LogP contribution in [0.5, 0.6) is 5.75 Å². The summed E-state index contributed by atoms with van der Waals surface area (Å²) in [5, 5.41) is 2.16. The van der Waals surface area contributed by atoms with E-state index in [2.05, 4.69) is 9.95 Å². The molecular formula is C20H22N2O2S. The third-order valence-corrected chi connectivity index (χ3v) is 5.42. The van der Waals surface area contributed by atoms with Gasteiger partial charge in [-0.2, -0.15) is 0 Å². The first-order valence-electron chi connectivity index (χ1n) is 8.86. The minimum atomic E-state index is 0.507. The lowest BCUT2D eigenvalue weighted by molar-refractivity contribution is 0.340. The summed E-state index contributed by atoms with van der Waals surface area (Å²) in [6.45, 7) is 2.67. The number of hydrogen-bond donors (Lipinski definition) is 0. The Morgan fingerprint density at radius 1 is 1.20 bits per heavy atom. The molecule has 0 bridgehead atoms. The Hall–Kier alpha value is -2.27. The van der Waals surface area contributed by atoms with Crippen molar-refractivity contribution in [1.29, 1.82) is 0 Å². The summed E-state index contributed by atoms with van der Waals surface area (Å²) in [6, 6.07) is 12.4. The molecule has 0 spiro atoms. The fourth-order valence-electron chi connectivity index (χ4n) is 3.42. The molecule has 1 aliphatic carbocycles. The Morgan fingerprint density at radius 2 is 2.00 bits per heavy atom. The highest BCUT2D eigenvalue weighted by Crippen LogP contribution is 2.33. The van der Waals surface area contributed by atoms with E-state index in [1.165, 1.54) is 25.7 Å². The summed E-state index contributed by atoms with van der Waals surface area (Å²) >= 11 is 1.68. The van der Waals surface area contributed by atoms with E-state index >= 15 is 0 Å². The van der Waals surface area contributed by atoms with E-state index in [0.29, 0.717) is 12.6 Å². The van der Waals surface area contributed by atoms with E-state index in [9.17, 15) is 0 Å². The standard InChI is InChI=1S/C20H22N2O2S/c1-2-23-17-11-9-15(10-12-17)21-20-22(16-6-3-4-7-16)18(14-25-20)19-8-5-13-24-19/h5,8-14,16H,2-4,6-7H2,1H3. The van der Waals surface area contributed by atoms with Crippen LogP contribution in [-0.4, -0.2) is 11.2 Å². The van der Waals surface area contributed by atoms with Crippen molar-refractivity contribution in [3.63, 3.8) is 0 Å². The second-order valence-electron chi connectivity index (χ2n) is 6.23. The molecule has 1 saturated carbocycles. The van der Waals surface area contributed by atoms with Crippen LogP contribution in [0.2, 0.25) is 0 Å². The Labute approximate surface area is 151 Å². The van der Waals surface area contributed by atoms with Crippen LogP contribution in [0.4, 0.5) is 5.69 Å². The highest BCUT2D eigenvalue weighted by Gasteiger charge is 2.22. The fourth-order valence-corrected chi connectivity index (χ4v) is 4.38. The average Bonchev–Trinajstić information content (AvgIpc) is 3.38. The summed E-state index contributed by atoms with van der Waals surface area (Å²) in [5.41, 5.74) is 2.08. The highest BCUT2D eigenvalue weighted by atomic mass is 32.1. The summed E-state index contributed by atoms with van der Waals surface area (Å²) in [7, 11) is 0. The molecule has 25 heavy (non-hydrogen) atoms. The van der Waals surface area contributed by atoms with Gasteiger partial charge in [-0.1, -0.05) is 12.8 Å². The van der Waals surface area contributed by atoms with E-state index in [-0.39, 0.29) is 0 Å². The van der Waals surface area contributed by atoms with Crippen LogP contribution in [-0.2, 0) is 0 Å². The monoisotopic (exact) mass is 354 g/mol. The summed E-state index contributed by atoms with van der Waals surface area (Å²) in [4.78, 5) is 5.93. The Morgan fingerprint density at radius 3 is 2.68 bits per heavy atom. The molecule has 0 radical (unpaired) electrons. The fraction of sp³-hybridized carbons (Fsp3) is 0.350. The van der Waals surface area contributed by atoms with E-state index in [4.69, 9.17) is 14.1 Å². The maximum Gasteiger partial charge on any atom is 0.190 e. The summed E-state index contributed by atoms with van der Waals surface area (Å²) in [6.07, 6.45) is 6.72. The van der Waals surface area contributed by atoms with E-state index in [1.807, 2.05) is 43.3 Å². The van der Waals surface area contributed by atoms with Gasteiger partial charge in [-0.3, -0.25) is 0 Å². The first kappa shape index (κ1) is 16.2. The molecule has 5 heteroatoms. The molecule has 4 nitrogen and oxygen atoms in total. The third kappa shape index (κ3) is 3.42. The Bertz CT molecular complexity index is 869. The van der Waals surface area contributed by atoms with Gasteiger partial charge in [0.1, 0.15) is 5.75 Å². The molecule has 0 unspecified atom stereocenters. The second kappa shape index (κ2) is 7.31. The van der Waals surface area contributed by atoms with Crippen molar-refractivity contribution in [2.24, 2.45) is 4.99 Å². The summed E-state index contributed by atoms with van der Waals surface area (Å²) < 4.78 is 13.5. The molecule has 4 rings (SSSR count). The van der Waals surface area contributed by atoms with Crippen LogP contribution >= 0.6 is 11.3 Å². The van der Waals surface area contributed by atoms with Crippen LogP contribution in [0, 0.1) is 0 Å². The van der Waals surface area contributed by atoms with Gasteiger partial charge in [-0.15, -0.1) is 11.3 Å². The molecule has 0 atom stereocenters. The zero-order valence-corrected chi connectivity index (χ0v) is 15.2. The number of rotatable bonds is 5. The Kier molecular flexibility index (Phi) is 4.74. The van der Waals surface area contributed by atoms with Crippen molar-refractivity contribution in [2.45, 2.75) is 38.6 Å². The minimum Gasteiger partial charge on any atom is -0.494 e. The van der Waals surface area contributed by atoms with Crippen LogP contribution in [0.15, 0.2) is 57.5 Å². The molecule has 0 aliphatic heterocycles. The highest BCUT2D eigenvalue weighted by molar-refractivity contribution is 7.07. The van der Waals surface area contributed by atoms with Crippen molar-refractivity contribution in [2.75, 3.05) is 6.61 Å². The van der Waals surface area contributed by atoms with Crippen LogP contribution < -0.4 is 9.54 Å². The van der Waals surface area contributed by atoms with Gasteiger partial charge < -0.3 is 13.7 Å². The van der Waals surface area contributed by atoms with Gasteiger partial charge in [-0.05, 0) is 56.2 Å². The molecular weight excluding hydrogens is 332 g/mol. The lowest BCUT2D eigenvalue weighted by Gasteiger charge is -2.14. The van der Waals surface area contributed by atoms with Gasteiger partial charge in [0.2, 0.25) is 0 Å². The number of ether oxygens (including phenoxy) is 1. The van der Waals surface area contributed by atoms with Gasteiger partial charge in [0.05, 0.1) is 24.3 Å². The molecule has 1 fully saturated rings. The summed E-state index contributed by atoms with van der Waals surface area (Å²) in [5.74, 6) is 1.80. The number of nitrogens with zero attached hydrogens (tertiary/aromatic N) is 2. The normalized spacial score (nSPS) is 15.8. The second-order valence-corrected chi connectivity index (χ2v) is 7.06. The largest absolute Gasteiger partial charge is 0.494 e. The topological polar surface area (TPSA) is 39.7 Å². The van der Waals surface area contributed by atoms with Crippen LogP contribution in [0.3, 0.4) is 0 Å². The molecule has 3 aromatic rings. The molecule has 1 aromatic carbocycles. The number of aromatic nitrogens is 1. The van der Waals surface area contributed by atoms with E-state index in [1.54, 1.807) is 17.6 Å².